The van der Waals surface area contributed by atoms with Crippen LogP contribution in [0.4, 0.5) is 0 Å². The maximum Gasteiger partial charge on any atom is 0.336 e. The van der Waals surface area contributed by atoms with Crippen molar-refractivity contribution >= 4 is 22.8 Å². The van der Waals surface area contributed by atoms with Crippen LogP contribution < -0.4 is 15.7 Å². The van der Waals surface area contributed by atoms with Gasteiger partial charge in [0.1, 0.15) is 17.4 Å². The number of benzene rings is 1. The van der Waals surface area contributed by atoms with Crippen LogP contribution in [-0.2, 0) is 16.0 Å². The molecule has 1 heterocycles. The maximum absolute atomic E-state index is 12.1. The fourth-order valence-corrected chi connectivity index (χ4v) is 3.18. The maximum atomic E-state index is 12.1. The number of ether oxygens (including phenoxy) is 1. The van der Waals surface area contributed by atoms with E-state index in [1.807, 2.05) is 13.0 Å². The van der Waals surface area contributed by atoms with Gasteiger partial charge in [0.05, 0.1) is 0 Å². The second kappa shape index (κ2) is 10.6. The Morgan fingerprint density at radius 2 is 1.93 bits per heavy atom. The average molecular weight is 403 g/mol. The van der Waals surface area contributed by atoms with Crippen molar-refractivity contribution in [3.63, 3.8) is 0 Å². The first-order chi connectivity index (χ1) is 13.9. The largest absolute Gasteiger partial charge is 0.483 e. The summed E-state index contributed by atoms with van der Waals surface area (Å²) in [6.45, 7) is 5.50. The van der Waals surface area contributed by atoms with Crippen LogP contribution in [0, 0.1) is 6.92 Å². The minimum atomic E-state index is -1.06. The van der Waals surface area contributed by atoms with Gasteiger partial charge >= 0.3 is 11.6 Å². The standard InChI is InChI=1S/C22H29NO6/c1-4-6-8-15-12-20(25)29-21-14(3)18(11-10-16(15)21)28-13-19(24)23-17(22(26)27)9-7-5-2/h10-12,17H,4-9,13H2,1-3H3,(H,23,24)(H,26,27)/t17-/m1/s1. The highest BCUT2D eigenvalue weighted by atomic mass is 16.5. The van der Waals surface area contributed by atoms with Gasteiger partial charge in [-0.05, 0) is 43.9 Å². The zero-order valence-corrected chi connectivity index (χ0v) is 17.2. The Hall–Kier alpha value is -2.83. The van der Waals surface area contributed by atoms with Gasteiger partial charge in [-0.15, -0.1) is 0 Å². The molecular formula is C22H29NO6. The summed E-state index contributed by atoms with van der Waals surface area (Å²) in [6.07, 6.45) is 4.71. The van der Waals surface area contributed by atoms with Gasteiger partial charge in [0.2, 0.25) is 0 Å². The second-order valence-electron chi connectivity index (χ2n) is 7.15. The Morgan fingerprint density at radius 3 is 2.59 bits per heavy atom. The quantitative estimate of drug-likeness (QED) is 0.556. The van der Waals surface area contributed by atoms with E-state index in [0.29, 0.717) is 29.7 Å². The highest BCUT2D eigenvalue weighted by Crippen LogP contribution is 2.29. The Morgan fingerprint density at radius 1 is 1.21 bits per heavy atom. The van der Waals surface area contributed by atoms with Gasteiger partial charge < -0.3 is 19.6 Å². The zero-order chi connectivity index (χ0) is 21.4. The molecule has 0 saturated carbocycles. The van der Waals surface area contributed by atoms with E-state index in [1.54, 1.807) is 13.0 Å². The van der Waals surface area contributed by atoms with Crippen molar-refractivity contribution in [2.75, 3.05) is 6.61 Å². The van der Waals surface area contributed by atoms with E-state index in [2.05, 4.69) is 12.2 Å². The first-order valence-corrected chi connectivity index (χ1v) is 10.1. The van der Waals surface area contributed by atoms with Crippen molar-refractivity contribution in [2.24, 2.45) is 0 Å². The average Bonchev–Trinajstić information content (AvgIpc) is 2.69. The molecule has 0 spiro atoms. The van der Waals surface area contributed by atoms with E-state index >= 15 is 0 Å². The number of hydrogen-bond donors (Lipinski definition) is 2. The number of aliphatic carboxylic acids is 1. The van der Waals surface area contributed by atoms with Crippen LogP contribution in [0.5, 0.6) is 5.75 Å². The van der Waals surface area contributed by atoms with Crippen LogP contribution in [0.25, 0.3) is 11.0 Å². The van der Waals surface area contributed by atoms with Gasteiger partial charge in [0.25, 0.3) is 5.91 Å². The normalized spacial score (nSPS) is 12.0. The third kappa shape index (κ3) is 6.07. The number of amides is 1. The number of unbranched alkanes of at least 4 members (excludes halogenated alkanes) is 2. The molecular weight excluding hydrogens is 374 g/mol. The summed E-state index contributed by atoms with van der Waals surface area (Å²) in [5.41, 5.74) is 1.60. The zero-order valence-electron chi connectivity index (χ0n) is 17.2. The van der Waals surface area contributed by atoms with Gasteiger partial charge in [0.15, 0.2) is 6.61 Å². The number of rotatable bonds is 11. The minimum absolute atomic E-state index is 0.317. The first-order valence-electron chi connectivity index (χ1n) is 10.1. The van der Waals surface area contributed by atoms with E-state index in [4.69, 9.17) is 9.15 Å². The van der Waals surface area contributed by atoms with E-state index in [9.17, 15) is 19.5 Å². The molecule has 158 valence electrons. The number of carbonyl (C=O) groups is 2. The molecule has 2 aromatic rings. The van der Waals surface area contributed by atoms with E-state index in [0.717, 1.165) is 36.6 Å². The number of nitrogens with one attached hydrogen (secondary N) is 1. The van der Waals surface area contributed by atoms with Gasteiger partial charge in [0, 0.05) is 17.0 Å². The molecule has 0 aliphatic heterocycles. The summed E-state index contributed by atoms with van der Waals surface area (Å²) in [4.78, 5) is 35.3. The fourth-order valence-electron chi connectivity index (χ4n) is 3.18. The highest BCUT2D eigenvalue weighted by molar-refractivity contribution is 5.86. The number of fused-ring (bicyclic) bond motifs is 1. The Bertz CT molecular complexity index is 917. The summed E-state index contributed by atoms with van der Waals surface area (Å²) in [7, 11) is 0. The lowest BCUT2D eigenvalue weighted by atomic mass is 10.0. The smallest absolute Gasteiger partial charge is 0.336 e. The topological polar surface area (TPSA) is 106 Å². The monoisotopic (exact) mass is 403 g/mol. The number of aryl methyl sites for hydroxylation is 2. The predicted octanol–water partition coefficient (Wildman–Crippen LogP) is 3.58. The van der Waals surface area contributed by atoms with E-state index in [-0.39, 0.29) is 6.61 Å². The van der Waals surface area contributed by atoms with Crippen LogP contribution in [0.1, 0.15) is 57.1 Å². The first kappa shape index (κ1) is 22.5. The molecule has 0 saturated heterocycles. The SMILES string of the molecule is CCCCc1cc(=O)oc2c(C)c(OCC(=O)N[C@H](CCCC)C(=O)O)ccc12. The van der Waals surface area contributed by atoms with Crippen molar-refractivity contribution < 1.29 is 23.8 Å². The molecule has 2 N–H and O–H groups in total. The molecule has 0 fully saturated rings. The van der Waals surface area contributed by atoms with E-state index in [1.165, 1.54) is 6.07 Å². The molecule has 1 atom stereocenters. The number of carboxylic acid groups (broad SMARTS) is 1. The molecule has 0 radical (unpaired) electrons. The summed E-state index contributed by atoms with van der Waals surface area (Å²) in [6, 6.07) is 4.16. The van der Waals surface area contributed by atoms with Gasteiger partial charge in [-0.2, -0.15) is 0 Å². The molecule has 2 rings (SSSR count). The summed E-state index contributed by atoms with van der Waals surface area (Å²) in [5.74, 6) is -1.15. The highest BCUT2D eigenvalue weighted by Gasteiger charge is 2.20. The lowest BCUT2D eigenvalue weighted by molar-refractivity contribution is -0.142. The summed E-state index contributed by atoms with van der Waals surface area (Å²) in [5, 5.41) is 12.6. The lowest BCUT2D eigenvalue weighted by Gasteiger charge is -2.15. The van der Waals surface area contributed by atoms with Crippen LogP contribution in [0.3, 0.4) is 0 Å². The molecule has 7 nitrogen and oxygen atoms in total. The van der Waals surface area contributed by atoms with Crippen LogP contribution in [-0.4, -0.2) is 29.6 Å². The van der Waals surface area contributed by atoms with E-state index < -0.39 is 23.5 Å². The molecule has 7 heteroatoms. The van der Waals surface area contributed by atoms with Crippen molar-refractivity contribution in [2.45, 2.75) is 65.3 Å². The summed E-state index contributed by atoms with van der Waals surface area (Å²) >= 11 is 0. The van der Waals surface area contributed by atoms with Crippen LogP contribution >= 0.6 is 0 Å². The van der Waals surface area contributed by atoms with Crippen molar-refractivity contribution in [1.29, 1.82) is 0 Å². The fraction of sp³-hybridized carbons (Fsp3) is 0.500. The minimum Gasteiger partial charge on any atom is -0.483 e. The molecule has 1 aromatic carbocycles. The van der Waals surface area contributed by atoms with Crippen LogP contribution in [0.15, 0.2) is 27.4 Å². The molecule has 1 aromatic heterocycles. The second-order valence-corrected chi connectivity index (χ2v) is 7.15. The van der Waals surface area contributed by atoms with Crippen molar-refractivity contribution in [3.05, 3.63) is 39.7 Å². The summed E-state index contributed by atoms with van der Waals surface area (Å²) < 4.78 is 11.0. The van der Waals surface area contributed by atoms with Gasteiger partial charge in [-0.1, -0.05) is 33.1 Å². The third-order valence-corrected chi connectivity index (χ3v) is 4.83. The molecule has 0 bridgehead atoms. The predicted molar refractivity (Wildman–Crippen MR) is 110 cm³/mol. The lowest BCUT2D eigenvalue weighted by Crippen LogP contribution is -2.42. The number of hydrogen-bond acceptors (Lipinski definition) is 5. The van der Waals surface area contributed by atoms with Crippen LogP contribution in [0.2, 0.25) is 0 Å². The van der Waals surface area contributed by atoms with Gasteiger partial charge in [-0.25, -0.2) is 9.59 Å². The Kier molecular flexibility index (Phi) is 8.24. The van der Waals surface area contributed by atoms with Crippen molar-refractivity contribution in [3.8, 4) is 5.75 Å². The molecule has 0 unspecified atom stereocenters. The molecule has 0 aliphatic rings. The van der Waals surface area contributed by atoms with Gasteiger partial charge in [-0.3, -0.25) is 4.79 Å². The number of carbonyl (C=O) groups excluding carboxylic acids is 1. The Balaban J connectivity index is 2.14. The molecule has 1 amide bonds. The Labute approximate surface area is 170 Å². The molecule has 29 heavy (non-hydrogen) atoms. The number of carboxylic acids is 1. The molecule has 0 aliphatic carbocycles. The van der Waals surface area contributed by atoms with Crippen molar-refractivity contribution in [1.82, 2.24) is 5.32 Å². The third-order valence-electron chi connectivity index (χ3n) is 4.83.